The molecule has 2 rings (SSSR count). The summed E-state index contributed by atoms with van der Waals surface area (Å²) in [5, 5.41) is 3.62. The maximum Gasteiger partial charge on any atom is 0.0700 e. The van der Waals surface area contributed by atoms with Crippen molar-refractivity contribution in [2.24, 2.45) is 5.41 Å². The summed E-state index contributed by atoms with van der Waals surface area (Å²) < 4.78 is 11.6. The van der Waals surface area contributed by atoms with Gasteiger partial charge in [0.25, 0.3) is 0 Å². The summed E-state index contributed by atoms with van der Waals surface area (Å²) >= 11 is 0. The quantitative estimate of drug-likeness (QED) is 0.724. The Bertz CT molecular complexity index is 267. The van der Waals surface area contributed by atoms with Crippen molar-refractivity contribution in [1.82, 2.24) is 10.2 Å². The molecule has 0 radical (unpaired) electrons. The van der Waals surface area contributed by atoms with E-state index in [9.17, 15) is 0 Å². The molecule has 2 atom stereocenters. The first-order valence-electron chi connectivity index (χ1n) is 8.40. The molecule has 1 N–H and O–H groups in total. The van der Waals surface area contributed by atoms with E-state index in [-0.39, 0.29) is 0 Å². The van der Waals surface area contributed by atoms with Crippen LogP contribution in [0.4, 0.5) is 0 Å². The van der Waals surface area contributed by atoms with Crippen molar-refractivity contribution >= 4 is 0 Å². The van der Waals surface area contributed by atoms with Crippen LogP contribution in [0.25, 0.3) is 0 Å². The monoisotopic (exact) mass is 284 g/mol. The van der Waals surface area contributed by atoms with Crippen LogP contribution < -0.4 is 5.32 Å². The van der Waals surface area contributed by atoms with Crippen molar-refractivity contribution in [3.8, 4) is 0 Å². The van der Waals surface area contributed by atoms with Gasteiger partial charge >= 0.3 is 0 Å². The normalized spacial score (nSPS) is 32.4. The number of ether oxygens (including phenoxy) is 2. The number of morpholine rings is 1. The maximum atomic E-state index is 5.81. The first-order valence-corrected chi connectivity index (χ1v) is 8.40. The Morgan fingerprint density at radius 1 is 1.30 bits per heavy atom. The van der Waals surface area contributed by atoms with E-state index in [2.05, 4.69) is 24.1 Å². The lowest BCUT2D eigenvalue weighted by atomic mass is 9.81. The second kappa shape index (κ2) is 8.32. The van der Waals surface area contributed by atoms with Crippen LogP contribution in [0.2, 0.25) is 0 Å². The van der Waals surface area contributed by atoms with Crippen molar-refractivity contribution in [3.05, 3.63) is 0 Å². The van der Waals surface area contributed by atoms with Gasteiger partial charge in [-0.25, -0.2) is 0 Å². The third-order valence-electron chi connectivity index (χ3n) is 4.57. The highest BCUT2D eigenvalue weighted by molar-refractivity contribution is 4.88. The molecule has 0 amide bonds. The Morgan fingerprint density at radius 2 is 2.20 bits per heavy atom. The zero-order valence-corrected chi connectivity index (χ0v) is 13.3. The van der Waals surface area contributed by atoms with E-state index in [1.54, 1.807) is 0 Å². The molecule has 4 heteroatoms. The van der Waals surface area contributed by atoms with Gasteiger partial charge in [0.2, 0.25) is 0 Å². The standard InChI is InChI=1S/C16H32N2O2/c1-3-7-17-12-16(6-5-9-19-14-16)13-18-8-10-20-15(4-2)11-18/h15,17H,3-14H2,1-2H3. The summed E-state index contributed by atoms with van der Waals surface area (Å²) in [6.07, 6.45) is 5.24. The van der Waals surface area contributed by atoms with Gasteiger partial charge in [0.1, 0.15) is 0 Å². The minimum Gasteiger partial charge on any atom is -0.381 e. The van der Waals surface area contributed by atoms with E-state index in [1.165, 1.54) is 19.3 Å². The average Bonchev–Trinajstić information content (AvgIpc) is 2.48. The molecule has 2 aliphatic rings. The highest BCUT2D eigenvalue weighted by atomic mass is 16.5. The molecule has 2 saturated heterocycles. The third-order valence-corrected chi connectivity index (χ3v) is 4.57. The fraction of sp³-hybridized carbons (Fsp3) is 1.00. The fourth-order valence-electron chi connectivity index (χ4n) is 3.41. The summed E-state index contributed by atoms with van der Waals surface area (Å²) in [7, 11) is 0. The topological polar surface area (TPSA) is 33.7 Å². The second-order valence-electron chi connectivity index (χ2n) is 6.47. The molecule has 2 fully saturated rings. The number of nitrogens with one attached hydrogen (secondary N) is 1. The molecule has 2 aliphatic heterocycles. The lowest BCUT2D eigenvalue weighted by Crippen LogP contribution is -2.53. The van der Waals surface area contributed by atoms with Crippen molar-refractivity contribution in [2.45, 2.75) is 45.6 Å². The van der Waals surface area contributed by atoms with Crippen LogP contribution in [0.5, 0.6) is 0 Å². The van der Waals surface area contributed by atoms with E-state index in [0.29, 0.717) is 11.5 Å². The van der Waals surface area contributed by atoms with Gasteiger partial charge in [-0.1, -0.05) is 13.8 Å². The van der Waals surface area contributed by atoms with Gasteiger partial charge in [-0.3, -0.25) is 4.90 Å². The van der Waals surface area contributed by atoms with Gasteiger partial charge in [-0.05, 0) is 32.2 Å². The van der Waals surface area contributed by atoms with Crippen molar-refractivity contribution in [2.75, 3.05) is 52.5 Å². The molecule has 0 spiro atoms. The summed E-state index contributed by atoms with van der Waals surface area (Å²) in [6.45, 7) is 12.7. The van der Waals surface area contributed by atoms with Crippen LogP contribution >= 0.6 is 0 Å². The molecule has 4 nitrogen and oxygen atoms in total. The third kappa shape index (κ3) is 4.69. The fourth-order valence-corrected chi connectivity index (χ4v) is 3.41. The van der Waals surface area contributed by atoms with E-state index >= 15 is 0 Å². The highest BCUT2D eigenvalue weighted by Gasteiger charge is 2.35. The van der Waals surface area contributed by atoms with Crippen LogP contribution in [0.3, 0.4) is 0 Å². The number of nitrogens with zero attached hydrogens (tertiary/aromatic N) is 1. The van der Waals surface area contributed by atoms with Gasteiger partial charge in [-0.2, -0.15) is 0 Å². The van der Waals surface area contributed by atoms with Gasteiger partial charge < -0.3 is 14.8 Å². The van der Waals surface area contributed by atoms with Crippen LogP contribution in [0, 0.1) is 5.41 Å². The smallest absolute Gasteiger partial charge is 0.0700 e. The van der Waals surface area contributed by atoms with Crippen molar-refractivity contribution in [1.29, 1.82) is 0 Å². The van der Waals surface area contributed by atoms with Gasteiger partial charge in [0.05, 0.1) is 19.3 Å². The molecular weight excluding hydrogens is 252 g/mol. The molecule has 0 saturated carbocycles. The maximum absolute atomic E-state index is 5.81. The Kier molecular flexibility index (Phi) is 6.75. The van der Waals surface area contributed by atoms with Gasteiger partial charge in [0, 0.05) is 38.2 Å². The molecule has 0 aromatic heterocycles. The van der Waals surface area contributed by atoms with E-state index in [1.807, 2.05) is 0 Å². The molecule has 2 heterocycles. The molecule has 0 aromatic rings. The first-order chi connectivity index (χ1) is 9.78. The SMILES string of the molecule is CCCNCC1(CN2CCOC(CC)C2)CCCOC1. The Morgan fingerprint density at radius 3 is 2.90 bits per heavy atom. The minimum absolute atomic E-state index is 0.309. The number of hydrogen-bond donors (Lipinski definition) is 1. The van der Waals surface area contributed by atoms with Gasteiger partial charge in [-0.15, -0.1) is 0 Å². The number of rotatable bonds is 7. The highest BCUT2D eigenvalue weighted by Crippen LogP contribution is 2.30. The number of hydrogen-bond acceptors (Lipinski definition) is 4. The summed E-state index contributed by atoms with van der Waals surface area (Å²) in [6, 6.07) is 0. The molecule has 2 unspecified atom stereocenters. The predicted octanol–water partition coefficient (Wildman–Crippen LogP) is 1.89. The Hall–Kier alpha value is -0.160. The minimum atomic E-state index is 0.309. The molecule has 118 valence electrons. The van der Waals surface area contributed by atoms with Crippen LogP contribution in [0.15, 0.2) is 0 Å². The zero-order valence-electron chi connectivity index (χ0n) is 13.3. The van der Waals surface area contributed by atoms with E-state index in [4.69, 9.17) is 9.47 Å². The van der Waals surface area contributed by atoms with Crippen LogP contribution in [-0.4, -0.2) is 63.5 Å². The predicted molar refractivity (Wildman–Crippen MR) is 82.1 cm³/mol. The first kappa shape index (κ1) is 16.2. The molecule has 20 heavy (non-hydrogen) atoms. The van der Waals surface area contributed by atoms with E-state index < -0.39 is 0 Å². The largest absolute Gasteiger partial charge is 0.381 e. The van der Waals surface area contributed by atoms with Crippen molar-refractivity contribution in [3.63, 3.8) is 0 Å². The lowest BCUT2D eigenvalue weighted by Gasteiger charge is -2.43. The van der Waals surface area contributed by atoms with E-state index in [0.717, 1.165) is 59.0 Å². The van der Waals surface area contributed by atoms with Crippen LogP contribution in [0.1, 0.15) is 39.5 Å². The Labute approximate surface area is 124 Å². The second-order valence-corrected chi connectivity index (χ2v) is 6.47. The van der Waals surface area contributed by atoms with Gasteiger partial charge in [0.15, 0.2) is 0 Å². The molecule has 0 aromatic carbocycles. The Balaban J connectivity index is 1.88. The summed E-state index contributed by atoms with van der Waals surface area (Å²) in [4.78, 5) is 2.60. The summed E-state index contributed by atoms with van der Waals surface area (Å²) in [5.41, 5.74) is 0.309. The molecule has 0 aliphatic carbocycles. The summed E-state index contributed by atoms with van der Waals surface area (Å²) in [5.74, 6) is 0. The van der Waals surface area contributed by atoms with Crippen LogP contribution in [-0.2, 0) is 9.47 Å². The van der Waals surface area contributed by atoms with Crippen molar-refractivity contribution < 1.29 is 9.47 Å². The molecular formula is C16H32N2O2. The zero-order chi connectivity index (χ0) is 14.3. The lowest BCUT2D eigenvalue weighted by molar-refractivity contribution is -0.0692. The average molecular weight is 284 g/mol. The molecule has 0 bridgehead atoms.